The van der Waals surface area contributed by atoms with Crippen molar-refractivity contribution >= 4 is 11.6 Å². The first kappa shape index (κ1) is 25.2. The third-order valence-electron chi connectivity index (χ3n) is 6.07. The maximum Gasteiger partial charge on any atom is 0.416 e. The molecule has 0 bridgehead atoms. The molecular formula is C27H27F3N2O4. The van der Waals surface area contributed by atoms with E-state index in [1.165, 1.54) is 6.07 Å². The van der Waals surface area contributed by atoms with E-state index in [2.05, 4.69) is 0 Å². The highest BCUT2D eigenvalue weighted by Gasteiger charge is 2.31. The van der Waals surface area contributed by atoms with Gasteiger partial charge in [-0.2, -0.15) is 13.2 Å². The molecule has 1 amide bonds. The zero-order chi connectivity index (χ0) is 25.7. The number of halogens is 3. The monoisotopic (exact) mass is 500 g/mol. The van der Waals surface area contributed by atoms with Gasteiger partial charge in [0, 0.05) is 49.1 Å². The van der Waals surface area contributed by atoms with Crippen molar-refractivity contribution in [1.82, 2.24) is 4.90 Å². The van der Waals surface area contributed by atoms with Gasteiger partial charge in [0.25, 0.3) is 5.91 Å². The number of hydrogen-bond acceptors (Lipinski definition) is 5. The van der Waals surface area contributed by atoms with Gasteiger partial charge in [-0.25, -0.2) is 0 Å². The Bertz CT molecular complexity index is 1210. The molecule has 0 unspecified atom stereocenters. The Labute approximate surface area is 207 Å². The van der Waals surface area contributed by atoms with Crippen LogP contribution >= 0.6 is 0 Å². The highest BCUT2D eigenvalue weighted by Crippen LogP contribution is 2.32. The van der Waals surface area contributed by atoms with Crippen LogP contribution in [0.15, 0.2) is 66.7 Å². The molecule has 0 N–H and O–H groups in total. The molecule has 1 aliphatic rings. The number of benzene rings is 3. The van der Waals surface area contributed by atoms with Gasteiger partial charge in [-0.15, -0.1) is 0 Å². The zero-order valence-corrected chi connectivity index (χ0v) is 20.0. The van der Waals surface area contributed by atoms with Crippen LogP contribution in [0.3, 0.4) is 0 Å². The van der Waals surface area contributed by atoms with Gasteiger partial charge in [0.15, 0.2) is 0 Å². The molecule has 1 fully saturated rings. The molecule has 3 aromatic rings. The number of piperazine rings is 1. The van der Waals surface area contributed by atoms with Gasteiger partial charge >= 0.3 is 6.18 Å². The summed E-state index contributed by atoms with van der Waals surface area (Å²) >= 11 is 0. The molecular weight excluding hydrogens is 473 g/mol. The Hall–Kier alpha value is -3.88. The standard InChI is InChI=1S/C27H27F3N2O4/c1-34-23-7-4-8-24(17-23)36-18-20-15-19(9-10-25(20)35-2)26(33)32-13-11-31(12-14-32)22-6-3-5-21(16-22)27(28,29)30/h3-10,15-17H,11-14,18H2,1-2H3. The van der Waals surface area contributed by atoms with Crippen molar-refractivity contribution in [3.63, 3.8) is 0 Å². The van der Waals surface area contributed by atoms with E-state index < -0.39 is 11.7 Å². The molecule has 0 aromatic heterocycles. The summed E-state index contributed by atoms with van der Waals surface area (Å²) in [5.41, 5.74) is 1.03. The molecule has 0 saturated carbocycles. The first-order valence-corrected chi connectivity index (χ1v) is 11.4. The lowest BCUT2D eigenvalue weighted by atomic mass is 10.1. The van der Waals surface area contributed by atoms with Gasteiger partial charge < -0.3 is 24.0 Å². The van der Waals surface area contributed by atoms with E-state index in [1.54, 1.807) is 49.5 Å². The van der Waals surface area contributed by atoms with Gasteiger partial charge in [0.2, 0.25) is 0 Å². The zero-order valence-electron chi connectivity index (χ0n) is 20.0. The van der Waals surface area contributed by atoms with Crippen LogP contribution in [-0.4, -0.2) is 51.2 Å². The molecule has 1 heterocycles. The van der Waals surface area contributed by atoms with Gasteiger partial charge in [-0.1, -0.05) is 12.1 Å². The molecule has 9 heteroatoms. The van der Waals surface area contributed by atoms with Crippen LogP contribution in [0.4, 0.5) is 18.9 Å². The third kappa shape index (κ3) is 5.84. The SMILES string of the molecule is COc1cccc(OCc2cc(C(=O)N3CCN(c4cccc(C(F)(F)F)c4)CC3)ccc2OC)c1. The molecule has 0 atom stereocenters. The molecule has 1 aliphatic heterocycles. The molecule has 0 radical (unpaired) electrons. The first-order valence-electron chi connectivity index (χ1n) is 11.4. The summed E-state index contributed by atoms with van der Waals surface area (Å²) in [5, 5.41) is 0. The van der Waals surface area contributed by atoms with E-state index in [9.17, 15) is 18.0 Å². The predicted molar refractivity (Wildman–Crippen MR) is 130 cm³/mol. The Morgan fingerprint density at radius 1 is 0.861 bits per heavy atom. The molecule has 0 aliphatic carbocycles. The topological polar surface area (TPSA) is 51.2 Å². The van der Waals surface area contributed by atoms with E-state index in [-0.39, 0.29) is 12.5 Å². The van der Waals surface area contributed by atoms with Crippen LogP contribution in [-0.2, 0) is 12.8 Å². The minimum atomic E-state index is -4.39. The molecule has 1 saturated heterocycles. The van der Waals surface area contributed by atoms with Crippen LogP contribution in [0.25, 0.3) is 0 Å². The summed E-state index contributed by atoms with van der Waals surface area (Å²) in [6.07, 6.45) is -4.39. The number of anilines is 1. The fourth-order valence-corrected chi connectivity index (χ4v) is 4.11. The summed E-state index contributed by atoms with van der Waals surface area (Å²) in [5.74, 6) is 1.75. The second-order valence-electron chi connectivity index (χ2n) is 8.32. The number of carbonyl (C=O) groups excluding carboxylic acids is 1. The van der Waals surface area contributed by atoms with Crippen molar-refractivity contribution in [2.75, 3.05) is 45.3 Å². The van der Waals surface area contributed by atoms with Crippen molar-refractivity contribution in [3.05, 3.63) is 83.4 Å². The second-order valence-corrected chi connectivity index (χ2v) is 8.32. The number of amides is 1. The lowest BCUT2D eigenvalue weighted by molar-refractivity contribution is -0.137. The predicted octanol–water partition coefficient (Wildman–Crippen LogP) is 5.26. The van der Waals surface area contributed by atoms with Gasteiger partial charge in [-0.3, -0.25) is 4.79 Å². The van der Waals surface area contributed by atoms with Crippen molar-refractivity contribution in [2.45, 2.75) is 12.8 Å². The number of alkyl halides is 3. The lowest BCUT2D eigenvalue weighted by Gasteiger charge is -2.36. The van der Waals surface area contributed by atoms with Crippen LogP contribution < -0.4 is 19.1 Å². The van der Waals surface area contributed by atoms with Gasteiger partial charge in [0.05, 0.1) is 19.8 Å². The van der Waals surface area contributed by atoms with E-state index in [0.717, 1.165) is 12.1 Å². The van der Waals surface area contributed by atoms with Gasteiger partial charge in [-0.05, 0) is 48.5 Å². The number of methoxy groups -OCH3 is 2. The summed E-state index contributed by atoms with van der Waals surface area (Å²) in [7, 11) is 3.13. The lowest BCUT2D eigenvalue weighted by Crippen LogP contribution is -2.48. The fourth-order valence-electron chi connectivity index (χ4n) is 4.11. The number of hydrogen-bond donors (Lipinski definition) is 0. The normalized spacial score (nSPS) is 13.9. The Morgan fingerprint density at radius 2 is 1.58 bits per heavy atom. The molecule has 6 nitrogen and oxygen atoms in total. The highest BCUT2D eigenvalue weighted by molar-refractivity contribution is 5.94. The average molecular weight is 501 g/mol. The number of carbonyl (C=O) groups is 1. The maximum absolute atomic E-state index is 13.2. The third-order valence-corrected chi connectivity index (χ3v) is 6.07. The summed E-state index contributed by atoms with van der Waals surface area (Å²) in [6, 6.07) is 17.7. The van der Waals surface area contributed by atoms with Crippen molar-refractivity contribution < 1.29 is 32.2 Å². The molecule has 3 aromatic carbocycles. The van der Waals surface area contributed by atoms with Crippen LogP contribution in [0.1, 0.15) is 21.5 Å². The fraction of sp³-hybridized carbons (Fsp3) is 0.296. The summed E-state index contributed by atoms with van der Waals surface area (Å²) < 4.78 is 55.7. The van der Waals surface area contributed by atoms with Crippen molar-refractivity contribution in [1.29, 1.82) is 0 Å². The molecule has 190 valence electrons. The smallest absolute Gasteiger partial charge is 0.416 e. The minimum absolute atomic E-state index is 0.149. The highest BCUT2D eigenvalue weighted by atomic mass is 19.4. The quantitative estimate of drug-likeness (QED) is 0.443. The Balaban J connectivity index is 1.42. The summed E-state index contributed by atoms with van der Waals surface area (Å²) in [6.45, 7) is 1.87. The summed E-state index contributed by atoms with van der Waals surface area (Å²) in [4.78, 5) is 16.8. The molecule has 36 heavy (non-hydrogen) atoms. The number of nitrogens with zero attached hydrogens (tertiary/aromatic N) is 2. The maximum atomic E-state index is 13.2. The second kappa shape index (κ2) is 10.8. The van der Waals surface area contributed by atoms with E-state index in [0.29, 0.717) is 60.2 Å². The molecule has 4 rings (SSSR count). The van der Waals surface area contributed by atoms with E-state index in [1.807, 2.05) is 23.1 Å². The Kier molecular flexibility index (Phi) is 7.57. The number of ether oxygens (including phenoxy) is 3. The number of rotatable bonds is 7. The van der Waals surface area contributed by atoms with Crippen LogP contribution in [0.2, 0.25) is 0 Å². The van der Waals surface area contributed by atoms with E-state index >= 15 is 0 Å². The van der Waals surface area contributed by atoms with Crippen LogP contribution in [0.5, 0.6) is 17.2 Å². The van der Waals surface area contributed by atoms with Crippen LogP contribution in [0, 0.1) is 0 Å². The Morgan fingerprint density at radius 3 is 2.28 bits per heavy atom. The van der Waals surface area contributed by atoms with Crippen molar-refractivity contribution in [2.24, 2.45) is 0 Å². The first-order chi connectivity index (χ1) is 17.3. The molecule has 0 spiro atoms. The minimum Gasteiger partial charge on any atom is -0.497 e. The van der Waals surface area contributed by atoms with Gasteiger partial charge in [0.1, 0.15) is 23.9 Å². The van der Waals surface area contributed by atoms with Crippen molar-refractivity contribution in [3.8, 4) is 17.2 Å². The largest absolute Gasteiger partial charge is 0.497 e. The van der Waals surface area contributed by atoms with E-state index in [4.69, 9.17) is 14.2 Å². The average Bonchev–Trinajstić information content (AvgIpc) is 2.91.